The summed E-state index contributed by atoms with van der Waals surface area (Å²) in [5, 5.41) is 9.62. The van der Waals surface area contributed by atoms with Crippen LogP contribution in [-0.4, -0.2) is 19.9 Å². The lowest BCUT2D eigenvalue weighted by Gasteiger charge is -2.20. The molecule has 1 atom stereocenters. The Balaban J connectivity index is 1.57. The molecule has 0 bridgehead atoms. The summed E-state index contributed by atoms with van der Waals surface area (Å²) >= 11 is 6.37. The van der Waals surface area contributed by atoms with Gasteiger partial charge < -0.3 is 23.7 Å². The van der Waals surface area contributed by atoms with Crippen LogP contribution >= 0.6 is 11.6 Å². The molecule has 3 aromatic rings. The summed E-state index contributed by atoms with van der Waals surface area (Å²) in [4.78, 5) is 12.5. The number of methoxy groups -OCH3 is 1. The molecule has 0 N–H and O–H groups in total. The van der Waals surface area contributed by atoms with Crippen molar-refractivity contribution >= 4 is 17.6 Å². The van der Waals surface area contributed by atoms with E-state index in [-0.39, 0.29) is 24.7 Å². The molecule has 0 fully saturated rings. The van der Waals surface area contributed by atoms with Gasteiger partial charge in [0.15, 0.2) is 11.5 Å². The van der Waals surface area contributed by atoms with Crippen molar-refractivity contribution in [3.63, 3.8) is 0 Å². The van der Waals surface area contributed by atoms with Gasteiger partial charge in [0.25, 0.3) is 0 Å². The van der Waals surface area contributed by atoms with Gasteiger partial charge >= 0.3 is 5.97 Å². The molecule has 0 aliphatic carbocycles. The molecule has 0 saturated heterocycles. The van der Waals surface area contributed by atoms with E-state index < -0.39 is 12.1 Å². The minimum Gasteiger partial charge on any atom is -0.489 e. The van der Waals surface area contributed by atoms with Gasteiger partial charge in [0.2, 0.25) is 12.9 Å². The molecule has 0 saturated carbocycles. The standard InChI is InChI=1S/C24H18ClNO6/c1-28-24(27)23(32-20-5-3-2-4-16(20)12-26)18-11-17(7-8-19(18)25)29-13-15-6-9-21-22(10-15)31-14-30-21/h2-11,23H,13-14H2,1H3. The van der Waals surface area contributed by atoms with Crippen molar-refractivity contribution in [3.8, 4) is 29.1 Å². The van der Waals surface area contributed by atoms with E-state index in [1.165, 1.54) is 7.11 Å². The molecule has 32 heavy (non-hydrogen) atoms. The largest absolute Gasteiger partial charge is 0.489 e. The van der Waals surface area contributed by atoms with E-state index in [0.29, 0.717) is 27.8 Å². The normalized spacial score (nSPS) is 12.5. The first-order valence-corrected chi connectivity index (χ1v) is 10.0. The number of nitrogens with zero attached hydrogens (tertiary/aromatic N) is 1. The minimum atomic E-state index is -1.18. The number of benzene rings is 3. The number of ether oxygens (including phenoxy) is 5. The highest BCUT2D eigenvalue weighted by atomic mass is 35.5. The highest BCUT2D eigenvalue weighted by Crippen LogP contribution is 2.35. The number of esters is 1. The highest BCUT2D eigenvalue weighted by Gasteiger charge is 2.27. The Morgan fingerprint density at radius 1 is 1.12 bits per heavy atom. The zero-order valence-corrected chi connectivity index (χ0v) is 17.8. The Morgan fingerprint density at radius 3 is 2.75 bits per heavy atom. The van der Waals surface area contributed by atoms with Gasteiger partial charge in [-0.3, -0.25) is 0 Å². The van der Waals surface area contributed by atoms with Crippen LogP contribution in [0.2, 0.25) is 5.02 Å². The fourth-order valence-corrected chi connectivity index (χ4v) is 3.36. The number of carbonyl (C=O) groups excluding carboxylic acids is 1. The summed E-state index contributed by atoms with van der Waals surface area (Å²) in [5.41, 5.74) is 1.52. The zero-order valence-electron chi connectivity index (χ0n) is 17.0. The maximum atomic E-state index is 12.5. The second kappa shape index (κ2) is 9.50. The molecule has 162 valence electrons. The molecule has 0 spiro atoms. The number of fused-ring (bicyclic) bond motifs is 1. The topological polar surface area (TPSA) is 87.0 Å². The van der Waals surface area contributed by atoms with Crippen LogP contribution in [0.15, 0.2) is 60.7 Å². The van der Waals surface area contributed by atoms with Gasteiger partial charge in [0.1, 0.15) is 24.2 Å². The fraction of sp³-hybridized carbons (Fsp3) is 0.167. The summed E-state index contributed by atoms with van der Waals surface area (Å²) in [7, 11) is 1.25. The van der Waals surface area contributed by atoms with Crippen molar-refractivity contribution in [1.29, 1.82) is 5.26 Å². The van der Waals surface area contributed by atoms with E-state index in [0.717, 1.165) is 5.56 Å². The molecular formula is C24H18ClNO6. The van der Waals surface area contributed by atoms with Crippen molar-refractivity contribution in [2.75, 3.05) is 13.9 Å². The first-order chi connectivity index (χ1) is 15.6. The van der Waals surface area contributed by atoms with Crippen molar-refractivity contribution in [2.24, 2.45) is 0 Å². The number of halogens is 1. The van der Waals surface area contributed by atoms with Crippen molar-refractivity contribution in [1.82, 2.24) is 0 Å². The van der Waals surface area contributed by atoms with Crippen LogP contribution in [0.25, 0.3) is 0 Å². The predicted octanol–water partition coefficient (Wildman–Crippen LogP) is 4.81. The molecule has 0 aromatic heterocycles. The van der Waals surface area contributed by atoms with Crippen molar-refractivity contribution < 1.29 is 28.5 Å². The monoisotopic (exact) mass is 451 g/mol. The van der Waals surface area contributed by atoms with Gasteiger partial charge in [-0.1, -0.05) is 29.8 Å². The molecule has 4 rings (SSSR count). The van der Waals surface area contributed by atoms with E-state index >= 15 is 0 Å². The van der Waals surface area contributed by atoms with Gasteiger partial charge in [-0.05, 0) is 48.0 Å². The van der Waals surface area contributed by atoms with Crippen LogP contribution in [0, 0.1) is 11.3 Å². The lowest BCUT2D eigenvalue weighted by Crippen LogP contribution is -2.21. The number of hydrogen-bond acceptors (Lipinski definition) is 7. The van der Waals surface area contributed by atoms with Crippen LogP contribution in [0.5, 0.6) is 23.0 Å². The molecule has 1 heterocycles. The second-order valence-corrected chi connectivity index (χ2v) is 7.20. The van der Waals surface area contributed by atoms with E-state index in [2.05, 4.69) is 0 Å². The lowest BCUT2D eigenvalue weighted by atomic mass is 10.1. The van der Waals surface area contributed by atoms with Crippen LogP contribution in [-0.2, 0) is 16.1 Å². The number of hydrogen-bond donors (Lipinski definition) is 0. The molecule has 8 heteroatoms. The smallest absolute Gasteiger partial charge is 0.351 e. The van der Waals surface area contributed by atoms with Crippen LogP contribution in [0.3, 0.4) is 0 Å². The van der Waals surface area contributed by atoms with Crippen LogP contribution < -0.4 is 18.9 Å². The summed E-state index contributed by atoms with van der Waals surface area (Å²) in [5.74, 6) is 1.42. The molecule has 3 aromatic carbocycles. The van der Waals surface area contributed by atoms with Gasteiger partial charge in [0.05, 0.1) is 12.7 Å². The molecule has 1 aliphatic heterocycles. The van der Waals surface area contributed by atoms with Crippen LogP contribution in [0.4, 0.5) is 0 Å². The minimum absolute atomic E-state index is 0.198. The van der Waals surface area contributed by atoms with Gasteiger partial charge in [-0.25, -0.2) is 4.79 Å². The second-order valence-electron chi connectivity index (χ2n) is 6.79. The Morgan fingerprint density at radius 2 is 1.94 bits per heavy atom. The fourth-order valence-electron chi connectivity index (χ4n) is 3.14. The van der Waals surface area contributed by atoms with E-state index in [1.54, 1.807) is 42.5 Å². The van der Waals surface area contributed by atoms with E-state index in [9.17, 15) is 10.1 Å². The van der Waals surface area contributed by atoms with E-state index in [4.69, 9.17) is 35.3 Å². The van der Waals surface area contributed by atoms with Crippen LogP contribution in [0.1, 0.15) is 22.8 Å². The summed E-state index contributed by atoms with van der Waals surface area (Å²) in [6.45, 7) is 0.461. The first-order valence-electron chi connectivity index (χ1n) is 9.63. The molecular weight excluding hydrogens is 434 g/mol. The lowest BCUT2D eigenvalue weighted by molar-refractivity contribution is -0.149. The molecule has 1 unspecified atom stereocenters. The quantitative estimate of drug-likeness (QED) is 0.476. The third-order valence-corrected chi connectivity index (χ3v) is 5.10. The van der Waals surface area contributed by atoms with E-state index in [1.807, 2.05) is 24.3 Å². The Labute approximate surface area is 189 Å². The average Bonchev–Trinajstić information content (AvgIpc) is 3.30. The van der Waals surface area contributed by atoms with Gasteiger partial charge in [-0.15, -0.1) is 0 Å². The van der Waals surface area contributed by atoms with Gasteiger partial charge in [-0.2, -0.15) is 5.26 Å². The third-order valence-electron chi connectivity index (χ3n) is 4.76. The maximum Gasteiger partial charge on any atom is 0.351 e. The summed E-state index contributed by atoms with van der Waals surface area (Å²) in [6, 6.07) is 19.1. The Kier molecular flexibility index (Phi) is 6.34. The molecule has 1 aliphatic rings. The number of para-hydroxylation sites is 1. The van der Waals surface area contributed by atoms with Gasteiger partial charge in [0, 0.05) is 10.6 Å². The number of rotatable bonds is 7. The number of carbonyl (C=O) groups is 1. The highest BCUT2D eigenvalue weighted by molar-refractivity contribution is 6.31. The molecule has 0 amide bonds. The number of nitriles is 1. The first kappa shape index (κ1) is 21.3. The maximum absolute atomic E-state index is 12.5. The Hall–Kier alpha value is -3.89. The molecule has 0 radical (unpaired) electrons. The SMILES string of the molecule is COC(=O)C(Oc1ccccc1C#N)c1cc(OCc2ccc3c(c2)OCO3)ccc1Cl. The van der Waals surface area contributed by atoms with Crippen molar-refractivity contribution in [2.45, 2.75) is 12.7 Å². The summed E-state index contributed by atoms with van der Waals surface area (Å²) in [6.07, 6.45) is -1.18. The predicted molar refractivity (Wildman–Crippen MR) is 115 cm³/mol. The summed E-state index contributed by atoms with van der Waals surface area (Å²) < 4.78 is 27.4. The molecule has 7 nitrogen and oxygen atoms in total. The Bertz CT molecular complexity index is 1190. The zero-order chi connectivity index (χ0) is 22.5. The van der Waals surface area contributed by atoms with Crippen molar-refractivity contribution in [3.05, 3.63) is 82.4 Å². The third kappa shape index (κ3) is 4.56. The average molecular weight is 452 g/mol.